The SMILES string of the molecule is CN(C)c1cc(C#Cc2ccc(C(C)(C)C)cc2)c2ccc3c(C#Cc4ccc(C(C)(C)C)cc4)cc(N(C)C)c4ccc1c2c34. The maximum atomic E-state index is 3.57. The van der Waals surface area contributed by atoms with Crippen molar-refractivity contribution in [1.29, 1.82) is 0 Å². The number of hydrogen-bond acceptors (Lipinski definition) is 2. The molecule has 0 heterocycles. The zero-order valence-electron chi connectivity index (χ0n) is 29.0. The lowest BCUT2D eigenvalue weighted by molar-refractivity contribution is 0.590. The molecule has 0 radical (unpaired) electrons. The molecule has 0 unspecified atom stereocenters. The van der Waals surface area contributed by atoms with Gasteiger partial charge in [0.2, 0.25) is 0 Å². The van der Waals surface area contributed by atoms with E-state index in [-0.39, 0.29) is 10.8 Å². The molecule has 46 heavy (non-hydrogen) atoms. The van der Waals surface area contributed by atoms with Crippen LogP contribution < -0.4 is 9.80 Å². The van der Waals surface area contributed by atoms with E-state index in [9.17, 15) is 0 Å². The summed E-state index contributed by atoms with van der Waals surface area (Å²) in [4.78, 5) is 4.40. The maximum Gasteiger partial charge on any atom is 0.0453 e. The van der Waals surface area contributed by atoms with Crippen LogP contribution in [0.2, 0.25) is 0 Å². The van der Waals surface area contributed by atoms with Gasteiger partial charge in [-0.25, -0.2) is 0 Å². The standard InChI is InChI=1S/C44H44N2/c1-43(2,3)33-19-13-29(14-20-33)11-17-31-27-39(45(7)8)37-25-26-38-40(46(9)10)28-32(36-24-23-35(31)41(37)42(36)38)18-12-30-15-21-34(22-16-30)44(4,5)6/h13-16,19-28H,1-10H3. The van der Waals surface area contributed by atoms with E-state index in [1.807, 2.05) is 0 Å². The zero-order chi connectivity index (χ0) is 33.0. The highest BCUT2D eigenvalue weighted by molar-refractivity contribution is 6.29. The Hall–Kier alpha value is -4.92. The summed E-state index contributed by atoms with van der Waals surface area (Å²) in [6.07, 6.45) is 0. The highest BCUT2D eigenvalue weighted by Crippen LogP contribution is 2.44. The smallest absolute Gasteiger partial charge is 0.0453 e. The van der Waals surface area contributed by atoms with Crippen LogP contribution in [0.4, 0.5) is 11.4 Å². The molecule has 6 aromatic rings. The molecule has 0 fully saturated rings. The highest BCUT2D eigenvalue weighted by atomic mass is 15.1. The van der Waals surface area contributed by atoms with E-state index in [1.165, 1.54) is 43.4 Å². The molecule has 0 aliphatic rings. The van der Waals surface area contributed by atoms with Crippen molar-refractivity contribution in [2.45, 2.75) is 52.4 Å². The number of anilines is 2. The lowest BCUT2D eigenvalue weighted by Crippen LogP contribution is -2.11. The number of rotatable bonds is 2. The van der Waals surface area contributed by atoms with E-state index >= 15 is 0 Å². The van der Waals surface area contributed by atoms with Gasteiger partial charge in [0.15, 0.2) is 0 Å². The van der Waals surface area contributed by atoms with E-state index in [2.05, 4.69) is 188 Å². The fraction of sp³-hybridized carbons (Fsp3) is 0.273. The summed E-state index contributed by atoms with van der Waals surface area (Å²) in [5.74, 6) is 14.1. The van der Waals surface area contributed by atoms with Crippen molar-refractivity contribution in [3.63, 3.8) is 0 Å². The summed E-state index contributed by atoms with van der Waals surface area (Å²) in [5, 5.41) is 7.29. The molecule has 6 aromatic carbocycles. The Labute approximate surface area is 275 Å². The normalized spacial score (nSPS) is 11.8. The monoisotopic (exact) mass is 600 g/mol. The topological polar surface area (TPSA) is 6.48 Å². The molecule has 0 bridgehead atoms. The summed E-state index contributed by atoms with van der Waals surface area (Å²) in [7, 11) is 8.45. The summed E-state index contributed by atoms with van der Waals surface area (Å²) < 4.78 is 0. The molecule has 0 aromatic heterocycles. The number of nitrogens with zero attached hydrogens (tertiary/aromatic N) is 2. The van der Waals surface area contributed by atoms with Crippen molar-refractivity contribution in [1.82, 2.24) is 0 Å². The van der Waals surface area contributed by atoms with Gasteiger partial charge < -0.3 is 9.80 Å². The Kier molecular flexibility index (Phi) is 7.74. The average Bonchev–Trinajstić information content (AvgIpc) is 3.01. The van der Waals surface area contributed by atoms with Gasteiger partial charge in [-0.2, -0.15) is 0 Å². The van der Waals surface area contributed by atoms with Crippen LogP contribution in [0.15, 0.2) is 84.9 Å². The second kappa shape index (κ2) is 11.5. The van der Waals surface area contributed by atoms with E-state index in [0.717, 1.165) is 33.6 Å². The van der Waals surface area contributed by atoms with E-state index in [0.29, 0.717) is 0 Å². The second-order valence-corrected chi connectivity index (χ2v) is 14.9. The van der Waals surface area contributed by atoms with Crippen LogP contribution >= 0.6 is 0 Å². The van der Waals surface area contributed by atoms with Crippen LogP contribution in [-0.2, 0) is 10.8 Å². The molecule has 2 nitrogen and oxygen atoms in total. The van der Waals surface area contributed by atoms with Gasteiger partial charge in [0.05, 0.1) is 0 Å². The van der Waals surface area contributed by atoms with Crippen molar-refractivity contribution < 1.29 is 0 Å². The predicted molar refractivity (Wildman–Crippen MR) is 201 cm³/mol. The van der Waals surface area contributed by atoms with Gasteiger partial charge in [0, 0.05) is 83.4 Å². The third kappa shape index (κ3) is 5.77. The molecular weight excluding hydrogens is 556 g/mol. The molecule has 2 heteroatoms. The first-order valence-electron chi connectivity index (χ1n) is 16.1. The number of benzene rings is 6. The van der Waals surface area contributed by atoms with Crippen LogP contribution in [0.1, 0.15) is 74.9 Å². The first kappa shape index (κ1) is 31.1. The predicted octanol–water partition coefficient (Wildman–Crippen LogP) is 10.1. The third-order valence-electron chi connectivity index (χ3n) is 9.00. The zero-order valence-corrected chi connectivity index (χ0v) is 29.0. The van der Waals surface area contributed by atoms with Crippen molar-refractivity contribution >= 4 is 43.7 Å². The minimum atomic E-state index is 0.115. The van der Waals surface area contributed by atoms with Crippen molar-refractivity contribution in [2.75, 3.05) is 38.0 Å². The lowest BCUT2D eigenvalue weighted by Gasteiger charge is -2.23. The fourth-order valence-electron chi connectivity index (χ4n) is 6.29. The first-order valence-corrected chi connectivity index (χ1v) is 16.1. The first-order chi connectivity index (χ1) is 21.7. The highest BCUT2D eigenvalue weighted by Gasteiger charge is 2.19. The summed E-state index contributed by atoms with van der Waals surface area (Å²) in [6, 6.07) is 30.9. The van der Waals surface area contributed by atoms with Crippen LogP contribution in [0.5, 0.6) is 0 Å². The van der Waals surface area contributed by atoms with Crippen LogP contribution in [0.25, 0.3) is 32.3 Å². The molecule has 0 amide bonds. The maximum absolute atomic E-state index is 3.57. The van der Waals surface area contributed by atoms with Gasteiger partial charge >= 0.3 is 0 Å². The van der Waals surface area contributed by atoms with E-state index in [4.69, 9.17) is 0 Å². The minimum absolute atomic E-state index is 0.115. The molecule has 0 spiro atoms. The molecule has 0 N–H and O–H groups in total. The van der Waals surface area contributed by atoms with Crippen molar-refractivity contribution in [3.8, 4) is 23.7 Å². The van der Waals surface area contributed by atoms with Gasteiger partial charge in [0.1, 0.15) is 0 Å². The number of hydrogen-bond donors (Lipinski definition) is 0. The van der Waals surface area contributed by atoms with Crippen LogP contribution in [0, 0.1) is 23.7 Å². The average molecular weight is 601 g/mol. The lowest BCUT2D eigenvalue weighted by atomic mass is 9.86. The molecule has 0 saturated heterocycles. The Bertz CT molecular complexity index is 2030. The molecule has 0 atom stereocenters. The van der Waals surface area contributed by atoms with Gasteiger partial charge in [-0.05, 0) is 69.1 Å². The Morgan fingerprint density at radius 2 is 0.739 bits per heavy atom. The quantitative estimate of drug-likeness (QED) is 0.144. The third-order valence-corrected chi connectivity index (χ3v) is 9.00. The van der Waals surface area contributed by atoms with Gasteiger partial charge in [-0.3, -0.25) is 0 Å². The largest absolute Gasteiger partial charge is 0.377 e. The Morgan fingerprint density at radius 3 is 1.04 bits per heavy atom. The Balaban J connectivity index is 1.57. The molecule has 0 aliphatic heterocycles. The van der Waals surface area contributed by atoms with Crippen LogP contribution in [-0.4, -0.2) is 28.2 Å². The minimum Gasteiger partial charge on any atom is -0.377 e. The molecule has 0 saturated carbocycles. The van der Waals surface area contributed by atoms with Crippen LogP contribution in [0.3, 0.4) is 0 Å². The molecule has 0 aliphatic carbocycles. The second-order valence-electron chi connectivity index (χ2n) is 14.9. The van der Waals surface area contributed by atoms with Gasteiger partial charge in [-0.1, -0.05) is 114 Å². The van der Waals surface area contributed by atoms with Gasteiger partial charge in [0.25, 0.3) is 0 Å². The molecule has 230 valence electrons. The Morgan fingerprint density at radius 1 is 0.413 bits per heavy atom. The summed E-state index contributed by atoms with van der Waals surface area (Å²) in [5.41, 5.74) is 9.29. The summed E-state index contributed by atoms with van der Waals surface area (Å²) >= 11 is 0. The molecule has 6 rings (SSSR count). The van der Waals surface area contributed by atoms with Crippen molar-refractivity contribution in [3.05, 3.63) is 118 Å². The molecular formula is C44H44N2. The van der Waals surface area contributed by atoms with Gasteiger partial charge in [-0.15, -0.1) is 0 Å². The summed E-state index contributed by atoms with van der Waals surface area (Å²) in [6.45, 7) is 13.4. The van der Waals surface area contributed by atoms with E-state index in [1.54, 1.807) is 0 Å². The fourth-order valence-corrected chi connectivity index (χ4v) is 6.29. The van der Waals surface area contributed by atoms with Crippen molar-refractivity contribution in [2.24, 2.45) is 0 Å². The van der Waals surface area contributed by atoms with E-state index < -0.39 is 0 Å².